The van der Waals surface area contributed by atoms with E-state index in [1.807, 2.05) is 54.6 Å². The Balaban J connectivity index is 1.63. The number of amides is 1. The summed E-state index contributed by atoms with van der Waals surface area (Å²) in [6.45, 7) is 5.37. The average Bonchev–Trinajstić information content (AvgIpc) is 3.24. The molecule has 0 radical (unpaired) electrons. The number of aromatic nitrogens is 1. The van der Waals surface area contributed by atoms with E-state index in [-0.39, 0.29) is 6.10 Å². The van der Waals surface area contributed by atoms with E-state index >= 15 is 0 Å². The lowest BCUT2D eigenvalue weighted by Gasteiger charge is -2.23. The minimum Gasteiger partial charge on any atom is -0.497 e. The number of pyridine rings is 1. The molecule has 1 heterocycles. The number of benzene rings is 2. The number of rotatable bonds is 6. The number of ether oxygens (including phenoxy) is 4. The number of nitrogens with one attached hydrogen (secondary N) is 1. The minimum absolute atomic E-state index is 0.328. The quantitative estimate of drug-likeness (QED) is 0.476. The van der Waals surface area contributed by atoms with Gasteiger partial charge in [-0.25, -0.2) is 9.78 Å². The molecule has 1 saturated carbocycles. The monoisotopic (exact) mass is 492 g/mol. The molecule has 0 spiro atoms. The van der Waals surface area contributed by atoms with Crippen LogP contribution < -0.4 is 14.8 Å². The summed E-state index contributed by atoms with van der Waals surface area (Å²) in [5.41, 5.74) is 1.80. The number of carbonyl (C=O) groups excluding carboxylic acids is 2. The number of methoxy groups -OCH3 is 2. The van der Waals surface area contributed by atoms with Gasteiger partial charge in [-0.3, -0.25) is 4.79 Å². The SMILES string of the molecule is COC(=O)[C@@H]1C[C@@H](Oc2cc(-c3ccccc3)nc3cc(OC)ccc23)C[C@@H]1NC(=O)OC(C)(C)C. The second-order valence-electron chi connectivity index (χ2n) is 9.85. The van der Waals surface area contributed by atoms with E-state index in [4.69, 9.17) is 23.9 Å². The van der Waals surface area contributed by atoms with Gasteiger partial charge < -0.3 is 24.3 Å². The van der Waals surface area contributed by atoms with Crippen molar-refractivity contribution in [2.45, 2.75) is 51.4 Å². The Morgan fingerprint density at radius 1 is 1.00 bits per heavy atom. The molecule has 1 aliphatic carbocycles. The first-order valence-electron chi connectivity index (χ1n) is 11.9. The molecule has 0 aliphatic heterocycles. The van der Waals surface area contributed by atoms with Crippen molar-refractivity contribution in [3.63, 3.8) is 0 Å². The number of alkyl carbamates (subject to hydrolysis) is 1. The van der Waals surface area contributed by atoms with Gasteiger partial charge in [-0.2, -0.15) is 0 Å². The number of carbonyl (C=O) groups is 2. The summed E-state index contributed by atoms with van der Waals surface area (Å²) in [4.78, 5) is 29.8. The molecular formula is C28H32N2O6. The van der Waals surface area contributed by atoms with Gasteiger partial charge in [-0.05, 0) is 39.3 Å². The van der Waals surface area contributed by atoms with Gasteiger partial charge in [0, 0.05) is 35.5 Å². The zero-order valence-electron chi connectivity index (χ0n) is 21.2. The Hall–Kier alpha value is -3.81. The van der Waals surface area contributed by atoms with Gasteiger partial charge in [0.05, 0.1) is 31.3 Å². The van der Waals surface area contributed by atoms with Crippen LogP contribution in [0.4, 0.5) is 4.79 Å². The standard InChI is InChI=1S/C28H32N2O6/c1-28(2,3)36-27(32)30-24-15-19(13-21(24)26(31)34-5)35-25-16-22(17-9-7-6-8-10-17)29-23-14-18(33-4)11-12-20(23)25/h6-12,14,16,19,21,24H,13,15H2,1-5H3,(H,30,32)/t19-,21-,24+/m1/s1. The van der Waals surface area contributed by atoms with Crippen LogP contribution >= 0.6 is 0 Å². The van der Waals surface area contributed by atoms with Crippen LogP contribution in [-0.2, 0) is 14.3 Å². The second kappa shape index (κ2) is 10.4. The van der Waals surface area contributed by atoms with E-state index in [9.17, 15) is 9.59 Å². The largest absolute Gasteiger partial charge is 0.497 e. The summed E-state index contributed by atoms with van der Waals surface area (Å²) >= 11 is 0. The summed E-state index contributed by atoms with van der Waals surface area (Å²) in [6.07, 6.45) is -0.0757. The van der Waals surface area contributed by atoms with Crippen LogP contribution in [0.3, 0.4) is 0 Å². The molecule has 1 amide bonds. The lowest BCUT2D eigenvalue weighted by molar-refractivity contribution is -0.146. The van der Waals surface area contributed by atoms with Crippen molar-refractivity contribution in [1.29, 1.82) is 0 Å². The van der Waals surface area contributed by atoms with Crippen molar-refractivity contribution >= 4 is 23.0 Å². The molecule has 3 aromatic rings. The first-order chi connectivity index (χ1) is 17.2. The fourth-order valence-corrected chi connectivity index (χ4v) is 4.45. The van der Waals surface area contributed by atoms with Crippen LogP contribution in [0.5, 0.6) is 11.5 Å². The number of nitrogens with zero attached hydrogens (tertiary/aromatic N) is 1. The van der Waals surface area contributed by atoms with Crippen molar-refractivity contribution in [2.24, 2.45) is 5.92 Å². The molecular weight excluding hydrogens is 460 g/mol. The smallest absolute Gasteiger partial charge is 0.407 e. The van der Waals surface area contributed by atoms with E-state index in [1.54, 1.807) is 27.9 Å². The van der Waals surface area contributed by atoms with Crippen LogP contribution in [0.1, 0.15) is 33.6 Å². The molecule has 2 aromatic carbocycles. The normalized spacial score (nSPS) is 19.5. The molecule has 8 nitrogen and oxygen atoms in total. The molecule has 1 aromatic heterocycles. The summed E-state index contributed by atoms with van der Waals surface area (Å²) in [5.74, 6) is 0.401. The molecule has 4 rings (SSSR count). The highest BCUT2D eigenvalue weighted by atomic mass is 16.6. The third kappa shape index (κ3) is 5.87. The van der Waals surface area contributed by atoms with E-state index in [0.717, 1.165) is 22.2 Å². The number of esters is 1. The van der Waals surface area contributed by atoms with Crippen molar-refractivity contribution in [1.82, 2.24) is 10.3 Å². The molecule has 190 valence electrons. The molecule has 0 unspecified atom stereocenters. The van der Waals surface area contributed by atoms with Crippen LogP contribution in [-0.4, -0.2) is 49.0 Å². The van der Waals surface area contributed by atoms with Gasteiger partial charge in [0.15, 0.2) is 0 Å². The molecule has 8 heteroatoms. The summed E-state index contributed by atoms with van der Waals surface area (Å²) in [7, 11) is 2.96. The van der Waals surface area contributed by atoms with Crippen molar-refractivity contribution < 1.29 is 28.5 Å². The fourth-order valence-electron chi connectivity index (χ4n) is 4.45. The third-order valence-corrected chi connectivity index (χ3v) is 6.07. The van der Waals surface area contributed by atoms with E-state index in [2.05, 4.69) is 5.32 Å². The maximum absolute atomic E-state index is 12.5. The van der Waals surface area contributed by atoms with Gasteiger partial charge in [0.25, 0.3) is 0 Å². The molecule has 0 bridgehead atoms. The molecule has 1 fully saturated rings. The highest BCUT2D eigenvalue weighted by molar-refractivity contribution is 5.89. The van der Waals surface area contributed by atoms with E-state index in [1.165, 1.54) is 7.11 Å². The van der Waals surface area contributed by atoms with Gasteiger partial charge in [0.2, 0.25) is 0 Å². The number of hydrogen-bond acceptors (Lipinski definition) is 7. The lowest BCUT2D eigenvalue weighted by atomic mass is 10.0. The Kier molecular flexibility index (Phi) is 7.33. The van der Waals surface area contributed by atoms with E-state index < -0.39 is 29.6 Å². The van der Waals surface area contributed by atoms with Crippen molar-refractivity contribution in [3.05, 3.63) is 54.6 Å². The average molecular weight is 493 g/mol. The minimum atomic E-state index is -0.649. The van der Waals surface area contributed by atoms with Crippen LogP contribution in [0.15, 0.2) is 54.6 Å². The lowest BCUT2D eigenvalue weighted by Crippen LogP contribution is -2.43. The first kappa shape index (κ1) is 25.3. The first-order valence-corrected chi connectivity index (χ1v) is 11.9. The maximum Gasteiger partial charge on any atom is 0.407 e. The third-order valence-electron chi connectivity index (χ3n) is 6.07. The molecule has 36 heavy (non-hydrogen) atoms. The van der Waals surface area contributed by atoms with Gasteiger partial charge >= 0.3 is 12.1 Å². The highest BCUT2D eigenvalue weighted by Crippen LogP contribution is 2.36. The molecule has 1 aliphatic rings. The van der Waals surface area contributed by atoms with Gasteiger partial charge in [0.1, 0.15) is 23.2 Å². The predicted molar refractivity (Wildman–Crippen MR) is 136 cm³/mol. The van der Waals surface area contributed by atoms with Crippen LogP contribution in [0.25, 0.3) is 22.2 Å². The predicted octanol–water partition coefficient (Wildman–Crippen LogP) is 5.13. The summed E-state index contributed by atoms with van der Waals surface area (Å²) in [5, 5.41) is 3.66. The van der Waals surface area contributed by atoms with Crippen LogP contribution in [0.2, 0.25) is 0 Å². The zero-order chi connectivity index (χ0) is 25.9. The van der Waals surface area contributed by atoms with Crippen molar-refractivity contribution in [2.75, 3.05) is 14.2 Å². The molecule has 1 N–H and O–H groups in total. The Morgan fingerprint density at radius 3 is 2.42 bits per heavy atom. The van der Waals surface area contributed by atoms with E-state index in [0.29, 0.717) is 24.3 Å². The number of hydrogen-bond donors (Lipinski definition) is 1. The summed E-state index contributed by atoms with van der Waals surface area (Å²) in [6, 6.07) is 16.9. The number of fused-ring (bicyclic) bond motifs is 1. The Bertz CT molecular complexity index is 1240. The van der Waals surface area contributed by atoms with Gasteiger partial charge in [-0.15, -0.1) is 0 Å². The second-order valence-corrected chi connectivity index (χ2v) is 9.85. The van der Waals surface area contributed by atoms with Crippen LogP contribution in [0, 0.1) is 5.92 Å². The molecule has 0 saturated heterocycles. The Morgan fingerprint density at radius 2 is 1.75 bits per heavy atom. The fraction of sp³-hybridized carbons (Fsp3) is 0.393. The zero-order valence-corrected chi connectivity index (χ0v) is 21.2. The highest BCUT2D eigenvalue weighted by Gasteiger charge is 2.42. The topological polar surface area (TPSA) is 96.0 Å². The molecule has 3 atom stereocenters. The maximum atomic E-state index is 12.5. The Labute approximate surface area is 210 Å². The van der Waals surface area contributed by atoms with Crippen molar-refractivity contribution in [3.8, 4) is 22.8 Å². The van der Waals surface area contributed by atoms with Gasteiger partial charge in [-0.1, -0.05) is 30.3 Å². The summed E-state index contributed by atoms with van der Waals surface area (Å²) < 4.78 is 22.3.